The molecule has 5 nitrogen and oxygen atoms in total. The molecule has 0 aliphatic carbocycles. The molecule has 0 bridgehead atoms. The van der Waals surface area contributed by atoms with Gasteiger partial charge in [-0.15, -0.1) is 0 Å². The number of nitrogens with one attached hydrogen (secondary N) is 3. The van der Waals surface area contributed by atoms with Crippen molar-refractivity contribution >= 4 is 11.8 Å². The molecule has 0 saturated heterocycles. The number of carbonyl (C=O) groups is 2. The van der Waals surface area contributed by atoms with E-state index < -0.39 is 25.5 Å². The van der Waals surface area contributed by atoms with Gasteiger partial charge in [0.15, 0.2) is 0 Å². The summed E-state index contributed by atoms with van der Waals surface area (Å²) in [7, 11) is 0. The van der Waals surface area contributed by atoms with Gasteiger partial charge in [0.05, 0.1) is 0 Å². The monoisotopic (exact) mass is 235 g/mol. The van der Waals surface area contributed by atoms with Crippen molar-refractivity contribution in [2.45, 2.75) is 33.0 Å². The second kappa shape index (κ2) is 10.4. The van der Waals surface area contributed by atoms with E-state index in [9.17, 15) is 9.59 Å². The smallest absolute Gasteiger partial charge is 0.216 e. The maximum Gasteiger partial charge on any atom is 0.216 e. The fourth-order valence-corrected chi connectivity index (χ4v) is 1.12. The van der Waals surface area contributed by atoms with Crippen LogP contribution in [0.4, 0.5) is 0 Å². The molecular weight excluding hydrogens is 206 g/mol. The lowest BCUT2D eigenvalue weighted by Crippen LogP contribution is -2.26. The van der Waals surface area contributed by atoms with Gasteiger partial charge in [-0.3, -0.25) is 9.59 Å². The molecule has 0 spiro atoms. The predicted octanol–water partition coefficient (Wildman–Crippen LogP) is 0.0185. The summed E-state index contributed by atoms with van der Waals surface area (Å²) in [6, 6.07) is 0. The first-order valence-electron chi connectivity index (χ1n) is 8.32. The maximum absolute atomic E-state index is 11.0. The number of carbonyl (C=O) groups excluding carboxylic acids is 2. The first kappa shape index (κ1) is 7.27. The second-order valence-electron chi connectivity index (χ2n) is 3.32. The Balaban J connectivity index is 3.38. The van der Waals surface area contributed by atoms with Gasteiger partial charge in [-0.1, -0.05) is 0 Å². The fourth-order valence-electron chi connectivity index (χ4n) is 1.12. The average Bonchev–Trinajstić information content (AvgIpc) is 2.38. The Bertz CT molecular complexity index is 323. The van der Waals surface area contributed by atoms with Crippen molar-refractivity contribution in [1.82, 2.24) is 16.0 Å². The topological polar surface area (TPSA) is 70.2 Å². The van der Waals surface area contributed by atoms with Gasteiger partial charge in [0, 0.05) is 35.0 Å². The van der Waals surface area contributed by atoms with Gasteiger partial charge in [-0.25, -0.2) is 0 Å². The molecule has 0 heterocycles. The van der Waals surface area contributed by atoms with Crippen LogP contribution in [0.25, 0.3) is 0 Å². The van der Waals surface area contributed by atoms with Crippen LogP contribution >= 0.6 is 0 Å². The quantitative estimate of drug-likeness (QED) is 0.493. The molecule has 94 valence electrons. The average molecular weight is 235 g/mol. The van der Waals surface area contributed by atoms with Gasteiger partial charge >= 0.3 is 0 Å². The third kappa shape index (κ3) is 12.9. The fraction of sp³-hybridized carbons (Fsp3) is 0.818. The summed E-state index contributed by atoms with van der Waals surface area (Å²) in [6.45, 7) is -3.28. The molecule has 0 radical (unpaired) electrons. The minimum absolute atomic E-state index is 0.291. The Hall–Kier alpha value is -1.10. The van der Waals surface area contributed by atoms with E-state index in [0.29, 0.717) is 39.0 Å². The van der Waals surface area contributed by atoms with Crippen LogP contribution in [-0.2, 0) is 9.59 Å². The molecule has 3 N–H and O–H groups in total. The summed E-state index contributed by atoms with van der Waals surface area (Å²) in [4.78, 5) is 22.1. The number of hydrogen-bond donors (Lipinski definition) is 3. The van der Waals surface area contributed by atoms with Crippen LogP contribution in [-0.4, -0.2) is 38.0 Å². The Labute approximate surface area is 106 Å². The first-order chi connectivity index (χ1) is 10.0. The highest BCUT2D eigenvalue weighted by molar-refractivity contribution is 5.72. The van der Waals surface area contributed by atoms with E-state index in [2.05, 4.69) is 16.0 Å². The van der Waals surface area contributed by atoms with Crippen LogP contribution in [0.3, 0.4) is 0 Å². The maximum atomic E-state index is 11.0. The molecule has 0 unspecified atom stereocenters. The third-order valence-corrected chi connectivity index (χ3v) is 1.88. The van der Waals surface area contributed by atoms with Crippen molar-refractivity contribution < 1.29 is 17.8 Å². The summed E-state index contributed by atoms with van der Waals surface area (Å²) in [6.07, 6.45) is 2.03. The summed E-state index contributed by atoms with van der Waals surface area (Å²) in [5.74, 6) is -1.89. The van der Waals surface area contributed by atoms with Gasteiger partial charge in [-0.05, 0) is 32.4 Å². The summed E-state index contributed by atoms with van der Waals surface area (Å²) in [5.41, 5.74) is 0. The SMILES string of the molecule is [2H]C([2H])([2H])C(=O)NCCCCNCCCNC(=O)C([2H])([2H])[2H]. The van der Waals surface area contributed by atoms with Gasteiger partial charge in [0.2, 0.25) is 11.8 Å². The van der Waals surface area contributed by atoms with Gasteiger partial charge in [0.25, 0.3) is 0 Å². The van der Waals surface area contributed by atoms with E-state index in [4.69, 9.17) is 8.22 Å². The third-order valence-electron chi connectivity index (χ3n) is 1.88. The van der Waals surface area contributed by atoms with E-state index in [1.807, 2.05) is 0 Å². The molecule has 2 amide bonds. The first-order valence-corrected chi connectivity index (χ1v) is 5.32. The normalized spacial score (nSPS) is 17.0. The van der Waals surface area contributed by atoms with E-state index in [1.165, 1.54) is 0 Å². The van der Waals surface area contributed by atoms with E-state index in [-0.39, 0.29) is 0 Å². The minimum atomic E-state index is -2.60. The summed E-state index contributed by atoms with van der Waals surface area (Å²) < 4.78 is 41.2. The highest BCUT2D eigenvalue weighted by atomic mass is 16.1. The molecule has 0 atom stereocenters. The molecule has 0 aliphatic rings. The molecule has 0 saturated carbocycles. The minimum Gasteiger partial charge on any atom is -0.356 e. The molecule has 0 aromatic heterocycles. The van der Waals surface area contributed by atoms with Crippen LogP contribution in [0.5, 0.6) is 0 Å². The Morgan fingerprint density at radius 2 is 1.38 bits per heavy atom. The zero-order chi connectivity index (χ0) is 17.2. The van der Waals surface area contributed by atoms with E-state index in [0.717, 1.165) is 6.42 Å². The van der Waals surface area contributed by atoms with Crippen LogP contribution < -0.4 is 16.0 Å². The van der Waals surface area contributed by atoms with Crippen molar-refractivity contribution in [3.63, 3.8) is 0 Å². The van der Waals surface area contributed by atoms with Crippen molar-refractivity contribution in [3.8, 4) is 0 Å². The van der Waals surface area contributed by atoms with Gasteiger partial charge in [-0.2, -0.15) is 0 Å². The molecular formula is C11H23N3O2. The highest BCUT2D eigenvalue weighted by Gasteiger charge is 1.92. The lowest BCUT2D eigenvalue weighted by atomic mass is 10.3. The largest absolute Gasteiger partial charge is 0.356 e. The van der Waals surface area contributed by atoms with Crippen molar-refractivity contribution in [1.29, 1.82) is 0 Å². The Kier molecular flexibility index (Phi) is 4.73. The van der Waals surface area contributed by atoms with Crippen LogP contribution in [0.2, 0.25) is 0 Å². The van der Waals surface area contributed by atoms with Crippen molar-refractivity contribution in [2.24, 2.45) is 0 Å². The summed E-state index contributed by atoms with van der Waals surface area (Å²) in [5, 5.41) is 7.75. The van der Waals surface area contributed by atoms with E-state index in [1.54, 1.807) is 0 Å². The second-order valence-corrected chi connectivity index (χ2v) is 3.32. The molecule has 0 fully saturated rings. The lowest BCUT2D eigenvalue weighted by molar-refractivity contribution is -0.119. The highest BCUT2D eigenvalue weighted by Crippen LogP contribution is 1.84. The molecule has 16 heavy (non-hydrogen) atoms. The van der Waals surface area contributed by atoms with Gasteiger partial charge < -0.3 is 16.0 Å². The van der Waals surface area contributed by atoms with E-state index >= 15 is 0 Å². The number of unbranched alkanes of at least 4 members (excludes halogenated alkanes) is 1. The zero-order valence-corrected chi connectivity index (χ0v) is 9.27. The molecule has 0 aromatic carbocycles. The van der Waals surface area contributed by atoms with Crippen LogP contribution in [0.15, 0.2) is 0 Å². The number of amides is 2. The number of hydrogen-bond acceptors (Lipinski definition) is 3. The Morgan fingerprint density at radius 3 is 2.00 bits per heavy atom. The predicted molar refractivity (Wildman–Crippen MR) is 64.1 cm³/mol. The lowest BCUT2D eigenvalue weighted by Gasteiger charge is -2.05. The van der Waals surface area contributed by atoms with Crippen LogP contribution in [0, 0.1) is 0 Å². The number of rotatable bonds is 9. The molecule has 0 aliphatic heterocycles. The van der Waals surface area contributed by atoms with Crippen LogP contribution in [0.1, 0.15) is 41.2 Å². The summed E-state index contributed by atoms with van der Waals surface area (Å²) >= 11 is 0. The van der Waals surface area contributed by atoms with Gasteiger partial charge in [0.1, 0.15) is 0 Å². The molecule has 0 aromatic rings. The van der Waals surface area contributed by atoms with Crippen molar-refractivity contribution in [3.05, 3.63) is 0 Å². The molecule has 0 rings (SSSR count). The molecule has 5 heteroatoms. The van der Waals surface area contributed by atoms with Crippen molar-refractivity contribution in [2.75, 3.05) is 26.2 Å². The Morgan fingerprint density at radius 1 is 0.875 bits per heavy atom. The standard InChI is InChI=1S/C11H23N3O2/c1-10(15)13-8-4-3-6-12-7-5-9-14-11(2)16/h12H,3-9H2,1-2H3,(H,13,15)(H,14,16)/i1D3,2D3. The zero-order valence-electron chi connectivity index (χ0n) is 15.3.